The third kappa shape index (κ3) is 2.29. The van der Waals surface area contributed by atoms with Gasteiger partial charge < -0.3 is 13.6 Å². The van der Waals surface area contributed by atoms with Crippen LogP contribution >= 0.6 is 0 Å². The molecule has 0 amide bonds. The third-order valence-electron chi connectivity index (χ3n) is 3.80. The van der Waals surface area contributed by atoms with Crippen molar-refractivity contribution in [3.05, 3.63) is 61.3 Å². The molecule has 0 radical (unpaired) electrons. The molecule has 0 fully saturated rings. The van der Waals surface area contributed by atoms with E-state index in [1.54, 1.807) is 12.1 Å². The monoisotopic (exact) mass is 330 g/mol. The zero-order valence-corrected chi connectivity index (χ0v) is 12.8. The molecule has 7 heteroatoms. The van der Waals surface area contributed by atoms with E-state index in [9.17, 15) is 0 Å². The lowest BCUT2D eigenvalue weighted by atomic mass is 10.2. The minimum Gasteiger partial charge on any atom is -0.449 e. The summed E-state index contributed by atoms with van der Waals surface area (Å²) < 4.78 is 16.9. The first-order valence-corrected chi connectivity index (χ1v) is 7.55. The van der Waals surface area contributed by atoms with Crippen molar-refractivity contribution >= 4 is 22.1 Å². The van der Waals surface area contributed by atoms with Crippen LogP contribution in [-0.4, -0.2) is 20.2 Å². The molecule has 25 heavy (non-hydrogen) atoms. The second-order valence-corrected chi connectivity index (χ2v) is 5.33. The van der Waals surface area contributed by atoms with Crippen molar-refractivity contribution in [2.45, 2.75) is 0 Å². The lowest BCUT2D eigenvalue weighted by Gasteiger charge is -2.04. The minimum absolute atomic E-state index is 0.367. The molecule has 5 aromatic rings. The summed E-state index contributed by atoms with van der Waals surface area (Å²) in [6.45, 7) is 0. The van der Waals surface area contributed by atoms with Crippen molar-refractivity contribution < 1.29 is 13.6 Å². The van der Waals surface area contributed by atoms with Crippen LogP contribution in [0.1, 0.15) is 0 Å². The average molecular weight is 330 g/mol. The Balaban J connectivity index is 1.53. The fourth-order valence-corrected chi connectivity index (χ4v) is 2.65. The molecule has 5 rings (SSSR count). The lowest BCUT2D eigenvalue weighted by Crippen LogP contribution is -1.90. The molecule has 0 aliphatic carbocycles. The van der Waals surface area contributed by atoms with Crippen molar-refractivity contribution in [3.63, 3.8) is 0 Å². The molecular weight excluding hydrogens is 320 g/mol. The van der Waals surface area contributed by atoms with Crippen molar-refractivity contribution in [2.24, 2.45) is 0 Å². The first-order chi connectivity index (χ1) is 12.4. The summed E-state index contributed by atoms with van der Waals surface area (Å²) in [6.07, 6.45) is 2.76. The van der Waals surface area contributed by atoms with Crippen LogP contribution in [-0.2, 0) is 0 Å². The van der Waals surface area contributed by atoms with Crippen LogP contribution in [0.3, 0.4) is 0 Å². The highest BCUT2D eigenvalue weighted by Gasteiger charge is 2.14. The van der Waals surface area contributed by atoms with E-state index in [2.05, 4.69) is 20.2 Å². The van der Waals surface area contributed by atoms with Crippen molar-refractivity contribution in [1.29, 1.82) is 0 Å². The van der Waals surface area contributed by atoms with Gasteiger partial charge in [0, 0.05) is 10.9 Å². The second-order valence-electron chi connectivity index (χ2n) is 5.33. The number of furan rings is 1. The van der Waals surface area contributed by atoms with E-state index in [1.165, 1.54) is 12.7 Å². The minimum atomic E-state index is 0.367. The molecule has 120 valence electrons. The molecule has 0 saturated heterocycles. The van der Waals surface area contributed by atoms with E-state index in [-0.39, 0.29) is 0 Å². The van der Waals surface area contributed by atoms with E-state index in [1.807, 2.05) is 36.4 Å². The molecule has 0 unspecified atom stereocenters. The molecule has 7 nitrogen and oxygen atoms in total. The normalized spacial score (nSPS) is 11.2. The Morgan fingerprint density at radius 3 is 2.64 bits per heavy atom. The SMILES string of the molecule is c1ccc2c(c1)oc1c(Oc3ccc(-c4nnco4)cc3)ncnc12. The highest BCUT2D eigenvalue weighted by Crippen LogP contribution is 2.33. The van der Waals surface area contributed by atoms with Gasteiger partial charge in [0.2, 0.25) is 17.9 Å². The quantitative estimate of drug-likeness (QED) is 0.489. The summed E-state index contributed by atoms with van der Waals surface area (Å²) in [6, 6.07) is 15.0. The van der Waals surface area contributed by atoms with Crippen LogP contribution in [0.25, 0.3) is 33.5 Å². The number of hydrogen-bond donors (Lipinski definition) is 0. The summed E-state index contributed by atoms with van der Waals surface area (Å²) in [5, 5.41) is 8.47. The van der Waals surface area contributed by atoms with Crippen LogP contribution in [0.4, 0.5) is 0 Å². The van der Waals surface area contributed by atoms with Gasteiger partial charge >= 0.3 is 0 Å². The van der Waals surface area contributed by atoms with Gasteiger partial charge in [-0.1, -0.05) is 12.1 Å². The average Bonchev–Trinajstić information content (AvgIpc) is 3.31. The van der Waals surface area contributed by atoms with E-state index < -0.39 is 0 Å². The van der Waals surface area contributed by atoms with E-state index >= 15 is 0 Å². The van der Waals surface area contributed by atoms with E-state index in [4.69, 9.17) is 13.6 Å². The van der Waals surface area contributed by atoms with Crippen molar-refractivity contribution in [2.75, 3.05) is 0 Å². The van der Waals surface area contributed by atoms with E-state index in [0.717, 1.165) is 22.0 Å². The molecule has 0 aliphatic rings. The lowest BCUT2D eigenvalue weighted by molar-refractivity contribution is 0.456. The number of fused-ring (bicyclic) bond motifs is 3. The maximum absolute atomic E-state index is 5.88. The Labute approximate surface area is 140 Å². The van der Waals surface area contributed by atoms with Crippen LogP contribution in [0, 0.1) is 0 Å². The summed E-state index contributed by atoms with van der Waals surface area (Å²) in [5.74, 6) is 1.43. The van der Waals surface area contributed by atoms with Crippen LogP contribution < -0.4 is 4.74 Å². The Bertz CT molecular complexity index is 1160. The smallest absolute Gasteiger partial charge is 0.267 e. The van der Waals surface area contributed by atoms with Gasteiger partial charge in [-0.3, -0.25) is 0 Å². The first-order valence-electron chi connectivity index (χ1n) is 7.55. The van der Waals surface area contributed by atoms with Gasteiger partial charge in [0.15, 0.2) is 0 Å². The number of hydrogen-bond acceptors (Lipinski definition) is 7. The zero-order chi connectivity index (χ0) is 16.6. The van der Waals surface area contributed by atoms with Crippen LogP contribution in [0.5, 0.6) is 11.6 Å². The van der Waals surface area contributed by atoms with Crippen molar-refractivity contribution in [3.8, 4) is 23.1 Å². The molecule has 0 spiro atoms. The zero-order valence-electron chi connectivity index (χ0n) is 12.8. The predicted molar refractivity (Wildman–Crippen MR) is 89.1 cm³/mol. The number of aromatic nitrogens is 4. The molecule has 0 atom stereocenters. The fraction of sp³-hybridized carbons (Fsp3) is 0. The predicted octanol–water partition coefficient (Wildman–Crippen LogP) is 4.22. The highest BCUT2D eigenvalue weighted by molar-refractivity contribution is 6.03. The van der Waals surface area contributed by atoms with Crippen LogP contribution in [0.15, 0.2) is 70.1 Å². The maximum atomic E-state index is 5.88. The van der Waals surface area contributed by atoms with Gasteiger partial charge in [-0.15, -0.1) is 10.2 Å². The van der Waals surface area contributed by atoms with Gasteiger partial charge in [-0.25, -0.2) is 4.98 Å². The summed E-state index contributed by atoms with van der Waals surface area (Å²) in [7, 11) is 0. The van der Waals surface area contributed by atoms with Gasteiger partial charge in [0.1, 0.15) is 23.2 Å². The Hall–Kier alpha value is -3.74. The van der Waals surface area contributed by atoms with Crippen LogP contribution in [0.2, 0.25) is 0 Å². The number of benzene rings is 2. The largest absolute Gasteiger partial charge is 0.449 e. The van der Waals surface area contributed by atoms with Gasteiger partial charge in [-0.2, -0.15) is 4.98 Å². The molecule has 2 aromatic carbocycles. The van der Waals surface area contributed by atoms with Crippen molar-refractivity contribution in [1.82, 2.24) is 20.2 Å². The maximum Gasteiger partial charge on any atom is 0.267 e. The molecule has 0 aliphatic heterocycles. The molecule has 3 aromatic heterocycles. The molecule has 0 saturated carbocycles. The molecule has 0 bridgehead atoms. The Morgan fingerprint density at radius 1 is 0.920 bits per heavy atom. The third-order valence-corrected chi connectivity index (χ3v) is 3.80. The molecular formula is C18H10N4O3. The highest BCUT2D eigenvalue weighted by atomic mass is 16.5. The first kappa shape index (κ1) is 13.7. The number of rotatable bonds is 3. The summed E-state index contributed by atoms with van der Waals surface area (Å²) >= 11 is 0. The number of para-hydroxylation sites is 1. The number of ether oxygens (including phenoxy) is 1. The standard InChI is InChI=1S/C18H10N4O3/c1-2-4-14-13(3-1)15-16(25-14)18(20-9-19-15)24-12-7-5-11(6-8-12)17-22-21-10-23-17/h1-10H. The molecule has 0 N–H and O–H groups in total. The van der Waals surface area contributed by atoms with Gasteiger partial charge in [0.25, 0.3) is 5.88 Å². The van der Waals surface area contributed by atoms with E-state index in [0.29, 0.717) is 23.1 Å². The Kier molecular flexibility index (Phi) is 2.96. The summed E-state index contributed by atoms with van der Waals surface area (Å²) in [5.41, 5.74) is 2.80. The van der Waals surface area contributed by atoms with Gasteiger partial charge in [0.05, 0.1) is 0 Å². The molecule has 3 heterocycles. The topological polar surface area (TPSA) is 87.1 Å². The fourth-order valence-electron chi connectivity index (χ4n) is 2.65. The number of nitrogens with zero attached hydrogens (tertiary/aromatic N) is 4. The summed E-state index contributed by atoms with van der Waals surface area (Å²) in [4.78, 5) is 8.51. The Morgan fingerprint density at radius 2 is 1.80 bits per heavy atom. The second kappa shape index (κ2) is 5.41. The van der Waals surface area contributed by atoms with Gasteiger partial charge in [-0.05, 0) is 36.4 Å².